The van der Waals surface area contributed by atoms with Gasteiger partial charge in [0, 0.05) is 18.0 Å². The highest BCUT2D eigenvalue weighted by molar-refractivity contribution is 7.18. The van der Waals surface area contributed by atoms with Crippen molar-refractivity contribution in [2.75, 3.05) is 18.0 Å². The van der Waals surface area contributed by atoms with Gasteiger partial charge in [-0.1, -0.05) is 12.8 Å². The summed E-state index contributed by atoms with van der Waals surface area (Å²) in [6, 6.07) is 2.22. The zero-order valence-corrected chi connectivity index (χ0v) is 14.4. The van der Waals surface area contributed by atoms with Gasteiger partial charge < -0.3 is 9.64 Å². The second-order valence-electron chi connectivity index (χ2n) is 7.38. The van der Waals surface area contributed by atoms with Crippen LogP contribution in [0.15, 0.2) is 12.4 Å². The number of rotatable bonds is 1. The van der Waals surface area contributed by atoms with Gasteiger partial charge in [0.15, 0.2) is 0 Å². The molecular formula is C17H23N3OS. The molecule has 4 nitrogen and oxygen atoms in total. The fourth-order valence-electron chi connectivity index (χ4n) is 4.16. The number of morpholine rings is 1. The number of aromatic nitrogens is 2. The fraction of sp³-hybridized carbons (Fsp3) is 0.647. The van der Waals surface area contributed by atoms with Gasteiger partial charge in [-0.2, -0.15) is 0 Å². The number of hydrogen-bond donors (Lipinski definition) is 0. The van der Waals surface area contributed by atoms with Crippen LogP contribution in [0.25, 0.3) is 10.2 Å². The molecule has 1 saturated carbocycles. The van der Waals surface area contributed by atoms with E-state index in [0.717, 1.165) is 23.7 Å². The van der Waals surface area contributed by atoms with E-state index >= 15 is 0 Å². The first-order valence-corrected chi connectivity index (χ1v) is 8.94. The van der Waals surface area contributed by atoms with Crippen molar-refractivity contribution in [3.05, 3.63) is 17.3 Å². The molecule has 5 heteroatoms. The van der Waals surface area contributed by atoms with E-state index in [-0.39, 0.29) is 11.2 Å². The van der Waals surface area contributed by atoms with E-state index in [1.807, 2.05) is 0 Å². The normalized spacial score (nSPS) is 23.5. The first-order valence-electron chi connectivity index (χ1n) is 8.13. The maximum atomic E-state index is 6.51. The molecule has 0 amide bonds. The van der Waals surface area contributed by atoms with E-state index in [1.165, 1.54) is 35.9 Å². The lowest BCUT2D eigenvalue weighted by molar-refractivity contribution is -0.148. The summed E-state index contributed by atoms with van der Waals surface area (Å²) in [5, 5.41) is 1.19. The molecule has 0 atom stereocenters. The lowest BCUT2D eigenvalue weighted by Crippen LogP contribution is -2.59. The lowest BCUT2D eigenvalue weighted by Gasteiger charge is -2.49. The third kappa shape index (κ3) is 2.40. The molecule has 1 aliphatic heterocycles. The summed E-state index contributed by atoms with van der Waals surface area (Å²) in [6.07, 6.45) is 6.60. The second-order valence-corrected chi connectivity index (χ2v) is 8.62. The van der Waals surface area contributed by atoms with Crippen molar-refractivity contribution < 1.29 is 4.74 Å². The largest absolute Gasteiger partial charge is 0.365 e. The van der Waals surface area contributed by atoms with Gasteiger partial charge in [-0.25, -0.2) is 9.97 Å². The molecule has 2 aliphatic rings. The molecule has 1 aliphatic carbocycles. The van der Waals surface area contributed by atoms with Crippen molar-refractivity contribution >= 4 is 27.4 Å². The number of fused-ring (bicyclic) bond motifs is 1. The Kier molecular flexibility index (Phi) is 3.20. The second kappa shape index (κ2) is 4.90. The fourth-order valence-corrected chi connectivity index (χ4v) is 5.00. The smallest absolute Gasteiger partial charge is 0.140 e. The molecule has 1 saturated heterocycles. The van der Waals surface area contributed by atoms with Gasteiger partial charge in [-0.15, -0.1) is 11.3 Å². The van der Waals surface area contributed by atoms with Gasteiger partial charge in [0.1, 0.15) is 17.0 Å². The van der Waals surface area contributed by atoms with Crippen LogP contribution in [0.4, 0.5) is 5.82 Å². The third-order valence-electron chi connectivity index (χ3n) is 4.79. The number of thiophene rings is 1. The Morgan fingerprint density at radius 1 is 1.18 bits per heavy atom. The molecule has 0 N–H and O–H groups in total. The Morgan fingerprint density at radius 2 is 1.95 bits per heavy atom. The molecule has 22 heavy (non-hydrogen) atoms. The Labute approximate surface area is 135 Å². The number of aryl methyl sites for hydroxylation is 1. The SMILES string of the molecule is Cc1cc2c(N3CC(C)(C)OC4(CCCC4)C3)ncnc2s1. The van der Waals surface area contributed by atoms with Crippen LogP contribution in [0.2, 0.25) is 0 Å². The molecule has 4 rings (SSSR count). The van der Waals surface area contributed by atoms with Gasteiger partial charge >= 0.3 is 0 Å². The van der Waals surface area contributed by atoms with E-state index in [0.29, 0.717) is 0 Å². The highest BCUT2D eigenvalue weighted by Crippen LogP contribution is 2.42. The summed E-state index contributed by atoms with van der Waals surface area (Å²) >= 11 is 1.74. The monoisotopic (exact) mass is 317 g/mol. The zero-order chi connectivity index (χ0) is 15.4. The van der Waals surface area contributed by atoms with E-state index in [1.54, 1.807) is 17.7 Å². The highest BCUT2D eigenvalue weighted by atomic mass is 32.1. The molecule has 2 fully saturated rings. The van der Waals surface area contributed by atoms with E-state index in [2.05, 4.69) is 41.7 Å². The zero-order valence-electron chi connectivity index (χ0n) is 13.6. The Morgan fingerprint density at radius 3 is 2.73 bits per heavy atom. The summed E-state index contributed by atoms with van der Waals surface area (Å²) in [4.78, 5) is 13.9. The lowest BCUT2D eigenvalue weighted by atomic mass is 9.94. The molecule has 0 radical (unpaired) electrons. The molecule has 0 unspecified atom stereocenters. The van der Waals surface area contributed by atoms with Crippen molar-refractivity contribution in [1.29, 1.82) is 0 Å². The van der Waals surface area contributed by atoms with Crippen LogP contribution < -0.4 is 4.90 Å². The van der Waals surface area contributed by atoms with Crippen LogP contribution >= 0.6 is 11.3 Å². The Balaban J connectivity index is 1.76. The Hall–Kier alpha value is -1.20. The predicted octanol–water partition coefficient (Wildman–Crippen LogP) is 3.93. The summed E-state index contributed by atoms with van der Waals surface area (Å²) < 4.78 is 6.51. The minimum atomic E-state index is -0.134. The van der Waals surface area contributed by atoms with Crippen molar-refractivity contribution in [3.8, 4) is 0 Å². The maximum absolute atomic E-state index is 6.51. The predicted molar refractivity (Wildman–Crippen MR) is 90.7 cm³/mol. The highest BCUT2D eigenvalue weighted by Gasteiger charge is 2.46. The minimum Gasteiger partial charge on any atom is -0.365 e. The average molecular weight is 317 g/mol. The van der Waals surface area contributed by atoms with Crippen molar-refractivity contribution in [2.45, 2.75) is 57.7 Å². The average Bonchev–Trinajstić information content (AvgIpc) is 3.01. The molecule has 118 valence electrons. The van der Waals surface area contributed by atoms with E-state index in [9.17, 15) is 0 Å². The maximum Gasteiger partial charge on any atom is 0.140 e. The topological polar surface area (TPSA) is 38.2 Å². The molecule has 2 aromatic heterocycles. The van der Waals surface area contributed by atoms with Crippen LogP contribution in [-0.2, 0) is 4.74 Å². The molecule has 2 aromatic rings. The van der Waals surface area contributed by atoms with Crippen LogP contribution in [0.3, 0.4) is 0 Å². The molecular weight excluding hydrogens is 294 g/mol. The van der Waals surface area contributed by atoms with Crippen LogP contribution in [0, 0.1) is 6.92 Å². The summed E-state index contributed by atoms with van der Waals surface area (Å²) in [5.74, 6) is 1.08. The van der Waals surface area contributed by atoms with Crippen LogP contribution in [0.1, 0.15) is 44.4 Å². The molecule has 3 heterocycles. The summed E-state index contributed by atoms with van der Waals surface area (Å²) in [5.41, 5.74) is -0.116. The van der Waals surface area contributed by atoms with E-state index in [4.69, 9.17) is 4.74 Å². The Bertz CT molecular complexity index is 703. The van der Waals surface area contributed by atoms with Gasteiger partial charge in [-0.05, 0) is 39.7 Å². The summed E-state index contributed by atoms with van der Waals surface area (Å²) in [7, 11) is 0. The number of ether oxygens (including phenoxy) is 1. The third-order valence-corrected chi connectivity index (χ3v) is 5.75. The van der Waals surface area contributed by atoms with Gasteiger partial charge in [0.25, 0.3) is 0 Å². The standard InChI is InChI=1S/C17H23N3OS/c1-12-8-13-14(18-11-19-15(13)22-12)20-9-16(2,3)21-17(10-20)6-4-5-7-17/h8,11H,4-7,9-10H2,1-3H3. The van der Waals surface area contributed by atoms with Crippen LogP contribution in [0.5, 0.6) is 0 Å². The van der Waals surface area contributed by atoms with E-state index < -0.39 is 0 Å². The van der Waals surface area contributed by atoms with Crippen LogP contribution in [-0.4, -0.2) is 34.3 Å². The summed E-state index contributed by atoms with van der Waals surface area (Å²) in [6.45, 7) is 8.39. The van der Waals surface area contributed by atoms with Crippen molar-refractivity contribution in [3.63, 3.8) is 0 Å². The van der Waals surface area contributed by atoms with Gasteiger partial charge in [0.05, 0.1) is 16.6 Å². The first-order chi connectivity index (χ1) is 10.5. The quantitative estimate of drug-likeness (QED) is 0.799. The molecule has 0 bridgehead atoms. The molecule has 0 aromatic carbocycles. The minimum absolute atomic E-state index is 0.0179. The molecule has 1 spiro atoms. The van der Waals surface area contributed by atoms with Gasteiger partial charge in [0.2, 0.25) is 0 Å². The van der Waals surface area contributed by atoms with Gasteiger partial charge in [-0.3, -0.25) is 0 Å². The van der Waals surface area contributed by atoms with Crippen molar-refractivity contribution in [1.82, 2.24) is 9.97 Å². The van der Waals surface area contributed by atoms with Crippen molar-refractivity contribution in [2.24, 2.45) is 0 Å². The number of anilines is 1. The first kappa shape index (κ1) is 14.4. The number of nitrogens with zero attached hydrogens (tertiary/aromatic N) is 3. The number of hydrogen-bond acceptors (Lipinski definition) is 5.